The summed E-state index contributed by atoms with van der Waals surface area (Å²) in [6.07, 6.45) is -3.83. The van der Waals surface area contributed by atoms with Crippen LogP contribution in [-0.4, -0.2) is 39.8 Å². The number of hydrogen-bond acceptors (Lipinski definition) is 5. The summed E-state index contributed by atoms with van der Waals surface area (Å²) >= 11 is 1.26. The van der Waals surface area contributed by atoms with Crippen LogP contribution in [-0.2, 0) is 11.2 Å². The minimum atomic E-state index is -4.60. The van der Waals surface area contributed by atoms with E-state index in [0.717, 1.165) is 0 Å². The molecule has 0 aromatic carbocycles. The minimum absolute atomic E-state index is 0.263. The normalized spacial score (nSPS) is 12.9. The fourth-order valence-corrected chi connectivity index (χ4v) is 2.65. The van der Waals surface area contributed by atoms with Crippen LogP contribution in [0.25, 0.3) is 10.7 Å². The number of hydrogen-bond donors (Lipinski definition) is 2. The lowest BCUT2D eigenvalue weighted by Crippen LogP contribution is -2.46. The van der Waals surface area contributed by atoms with Crippen LogP contribution >= 0.6 is 11.3 Å². The maximum atomic E-state index is 12.7. The van der Waals surface area contributed by atoms with Gasteiger partial charge in [-0.1, -0.05) is 6.07 Å². The Morgan fingerprint density at radius 1 is 1.39 bits per heavy atom. The van der Waals surface area contributed by atoms with Gasteiger partial charge in [-0.05, 0) is 18.6 Å². The van der Waals surface area contributed by atoms with Gasteiger partial charge in [0.1, 0.15) is 11.0 Å². The third-order valence-electron chi connectivity index (χ3n) is 2.93. The molecule has 1 amide bonds. The summed E-state index contributed by atoms with van der Waals surface area (Å²) in [5.74, 6) is -0.793. The molecule has 0 aliphatic rings. The van der Waals surface area contributed by atoms with E-state index in [9.17, 15) is 18.0 Å². The lowest BCUT2D eigenvalue weighted by atomic mass is 10.2. The Hall–Kier alpha value is -2.00. The minimum Gasteiger partial charge on any atom is -0.396 e. The van der Waals surface area contributed by atoms with Crippen molar-refractivity contribution in [3.05, 3.63) is 35.5 Å². The molecule has 1 atom stereocenters. The van der Waals surface area contributed by atoms with Crippen molar-refractivity contribution in [1.29, 1.82) is 0 Å². The van der Waals surface area contributed by atoms with Gasteiger partial charge in [-0.3, -0.25) is 9.78 Å². The molecule has 0 saturated heterocycles. The van der Waals surface area contributed by atoms with Crippen molar-refractivity contribution in [2.24, 2.45) is 0 Å². The highest BCUT2D eigenvalue weighted by Crippen LogP contribution is 2.23. The molecule has 23 heavy (non-hydrogen) atoms. The first-order chi connectivity index (χ1) is 10.9. The molecule has 9 heteroatoms. The van der Waals surface area contributed by atoms with Gasteiger partial charge in [0.2, 0.25) is 5.91 Å². The largest absolute Gasteiger partial charge is 0.408 e. The van der Waals surface area contributed by atoms with Crippen molar-refractivity contribution >= 4 is 17.2 Å². The van der Waals surface area contributed by atoms with Crippen LogP contribution in [0.15, 0.2) is 29.8 Å². The van der Waals surface area contributed by atoms with Crippen molar-refractivity contribution in [1.82, 2.24) is 15.3 Å². The molecule has 5 nitrogen and oxygen atoms in total. The van der Waals surface area contributed by atoms with Gasteiger partial charge in [0.25, 0.3) is 0 Å². The number of aliphatic hydroxyl groups is 1. The number of carbonyl (C=O) groups is 1. The predicted molar refractivity (Wildman–Crippen MR) is 78.7 cm³/mol. The van der Waals surface area contributed by atoms with Crippen molar-refractivity contribution in [2.45, 2.75) is 25.1 Å². The lowest BCUT2D eigenvalue weighted by molar-refractivity contribution is -0.164. The standard InChI is InChI=1S/C14H14F3N3O2S/c15-14(16,17)11(4-6-21)20-12(22)7-9-8-23-13(19-9)10-3-1-2-5-18-10/h1-3,5,8,11,21H,4,6-7H2,(H,20,22). The molecule has 0 saturated carbocycles. The zero-order chi connectivity index (χ0) is 16.9. The number of nitrogens with one attached hydrogen (secondary N) is 1. The summed E-state index contributed by atoms with van der Waals surface area (Å²) < 4.78 is 38.1. The molecule has 2 aromatic rings. The Morgan fingerprint density at radius 3 is 2.78 bits per heavy atom. The lowest BCUT2D eigenvalue weighted by Gasteiger charge is -2.20. The van der Waals surface area contributed by atoms with Gasteiger partial charge >= 0.3 is 6.18 Å². The van der Waals surface area contributed by atoms with E-state index in [1.165, 1.54) is 11.3 Å². The fourth-order valence-electron chi connectivity index (χ4n) is 1.85. The second-order valence-corrected chi connectivity index (χ2v) is 5.57. The maximum Gasteiger partial charge on any atom is 0.408 e. The summed E-state index contributed by atoms with van der Waals surface area (Å²) in [6.45, 7) is -0.662. The monoisotopic (exact) mass is 345 g/mol. The predicted octanol–water partition coefficient (Wildman–Crippen LogP) is 2.18. The van der Waals surface area contributed by atoms with Crippen LogP contribution in [0.4, 0.5) is 13.2 Å². The van der Waals surface area contributed by atoms with E-state index in [1.807, 2.05) is 5.32 Å². The van der Waals surface area contributed by atoms with Crippen LogP contribution in [0, 0.1) is 0 Å². The van der Waals surface area contributed by atoms with Gasteiger partial charge in [-0.15, -0.1) is 11.3 Å². The molecule has 2 aromatic heterocycles. The van der Waals surface area contributed by atoms with Gasteiger partial charge in [0.15, 0.2) is 0 Å². The SMILES string of the molecule is O=C(Cc1csc(-c2ccccn2)n1)NC(CCO)C(F)(F)F. The molecule has 124 valence electrons. The van der Waals surface area contributed by atoms with Gasteiger partial charge < -0.3 is 10.4 Å². The Morgan fingerprint density at radius 2 is 2.17 bits per heavy atom. The highest BCUT2D eigenvalue weighted by molar-refractivity contribution is 7.13. The third-order valence-corrected chi connectivity index (χ3v) is 3.84. The van der Waals surface area contributed by atoms with Crippen LogP contribution in [0.3, 0.4) is 0 Å². The number of rotatable bonds is 6. The first-order valence-electron chi connectivity index (χ1n) is 6.73. The number of thiazole rings is 1. The smallest absolute Gasteiger partial charge is 0.396 e. The molecule has 0 spiro atoms. The van der Waals surface area contributed by atoms with Crippen molar-refractivity contribution in [2.75, 3.05) is 6.61 Å². The quantitative estimate of drug-likeness (QED) is 0.841. The van der Waals surface area contributed by atoms with Gasteiger partial charge in [-0.2, -0.15) is 13.2 Å². The summed E-state index contributed by atoms with van der Waals surface area (Å²) in [5, 5.41) is 12.7. The molecule has 2 rings (SSSR count). The van der Waals surface area contributed by atoms with Crippen molar-refractivity contribution < 1.29 is 23.1 Å². The van der Waals surface area contributed by atoms with Crippen LogP contribution in [0.5, 0.6) is 0 Å². The number of aromatic nitrogens is 2. The zero-order valence-electron chi connectivity index (χ0n) is 11.9. The van der Waals surface area contributed by atoms with Crippen LogP contribution in [0.2, 0.25) is 0 Å². The first kappa shape index (κ1) is 17.4. The highest BCUT2D eigenvalue weighted by Gasteiger charge is 2.40. The number of nitrogens with zero attached hydrogens (tertiary/aromatic N) is 2. The van der Waals surface area contributed by atoms with Crippen molar-refractivity contribution in [3.63, 3.8) is 0 Å². The Bertz CT molecular complexity index is 646. The van der Waals surface area contributed by atoms with Crippen molar-refractivity contribution in [3.8, 4) is 10.7 Å². The highest BCUT2D eigenvalue weighted by atomic mass is 32.1. The van der Waals surface area contributed by atoms with E-state index in [4.69, 9.17) is 5.11 Å². The zero-order valence-corrected chi connectivity index (χ0v) is 12.7. The second kappa shape index (κ2) is 7.51. The number of amides is 1. The van der Waals surface area contributed by atoms with E-state index in [0.29, 0.717) is 16.4 Å². The third kappa shape index (κ3) is 5.00. The summed E-state index contributed by atoms with van der Waals surface area (Å²) in [7, 11) is 0. The van der Waals surface area contributed by atoms with E-state index in [-0.39, 0.29) is 6.42 Å². The van der Waals surface area contributed by atoms with E-state index >= 15 is 0 Å². The van der Waals surface area contributed by atoms with E-state index < -0.39 is 31.2 Å². The summed E-state index contributed by atoms with van der Waals surface area (Å²) in [5.41, 5.74) is 1.01. The molecule has 0 fully saturated rings. The van der Waals surface area contributed by atoms with E-state index in [2.05, 4.69) is 9.97 Å². The number of pyridine rings is 1. The Balaban J connectivity index is 1.99. The van der Waals surface area contributed by atoms with Crippen LogP contribution < -0.4 is 5.32 Å². The number of carbonyl (C=O) groups excluding carboxylic acids is 1. The average Bonchev–Trinajstić information content (AvgIpc) is 2.95. The topological polar surface area (TPSA) is 75.1 Å². The molecule has 2 heterocycles. The van der Waals surface area contributed by atoms with Gasteiger partial charge in [0.05, 0.1) is 17.8 Å². The maximum absolute atomic E-state index is 12.7. The molecular formula is C14H14F3N3O2S. The Labute approximate surface area is 134 Å². The molecule has 0 bridgehead atoms. The van der Waals surface area contributed by atoms with Crippen LogP contribution in [0.1, 0.15) is 12.1 Å². The number of alkyl halides is 3. The number of aliphatic hydroxyl groups excluding tert-OH is 1. The molecule has 0 radical (unpaired) electrons. The first-order valence-corrected chi connectivity index (χ1v) is 7.61. The Kier molecular flexibility index (Phi) is 5.67. The van der Waals surface area contributed by atoms with E-state index in [1.54, 1.807) is 29.8 Å². The molecular weight excluding hydrogens is 331 g/mol. The molecule has 1 unspecified atom stereocenters. The number of halogens is 3. The second-order valence-electron chi connectivity index (χ2n) is 4.71. The fraction of sp³-hybridized carbons (Fsp3) is 0.357. The molecule has 2 N–H and O–H groups in total. The average molecular weight is 345 g/mol. The molecule has 0 aliphatic carbocycles. The molecule has 0 aliphatic heterocycles. The summed E-state index contributed by atoms with van der Waals surface area (Å²) in [4.78, 5) is 20.1. The van der Waals surface area contributed by atoms with Gasteiger partial charge in [-0.25, -0.2) is 4.98 Å². The summed E-state index contributed by atoms with van der Waals surface area (Å²) in [6, 6.07) is 3.24. The van der Waals surface area contributed by atoms with Gasteiger partial charge in [0, 0.05) is 18.2 Å².